The minimum atomic E-state index is -1.58. The van der Waals surface area contributed by atoms with Crippen molar-refractivity contribution >= 4 is 0 Å². The maximum Gasteiger partial charge on any atom is 0.115 e. The molecule has 0 radical (unpaired) electrons. The molecule has 6 atom stereocenters. The predicted molar refractivity (Wildman–Crippen MR) is 50.0 cm³/mol. The molecule has 15 heavy (non-hydrogen) atoms. The van der Waals surface area contributed by atoms with Crippen molar-refractivity contribution in [3.63, 3.8) is 0 Å². The summed E-state index contributed by atoms with van der Waals surface area (Å²) in [7, 11) is 0. The zero-order chi connectivity index (χ0) is 11.6. The molecule has 1 aliphatic rings. The van der Waals surface area contributed by atoms with Crippen LogP contribution in [0.1, 0.15) is 0 Å². The van der Waals surface area contributed by atoms with Gasteiger partial charge < -0.3 is 30.3 Å². The van der Waals surface area contributed by atoms with Crippen LogP contribution in [0.15, 0.2) is 12.7 Å². The highest BCUT2D eigenvalue weighted by Crippen LogP contribution is 2.23. The second-order valence-corrected chi connectivity index (χ2v) is 3.54. The highest BCUT2D eigenvalue weighted by Gasteiger charge is 2.48. The van der Waals surface area contributed by atoms with E-state index >= 15 is 0 Å². The molecule has 0 aromatic rings. The van der Waals surface area contributed by atoms with Crippen LogP contribution in [0.4, 0.5) is 0 Å². The monoisotopic (exact) mass is 220 g/mol. The topological polar surface area (TPSA) is 110 Å². The second kappa shape index (κ2) is 5.02. The summed E-state index contributed by atoms with van der Waals surface area (Å²) < 4.78 is 5.00. The van der Waals surface area contributed by atoms with Gasteiger partial charge in [-0.25, -0.2) is 0 Å². The summed E-state index contributed by atoms with van der Waals surface area (Å²) in [4.78, 5) is 0. The fraction of sp³-hybridized carbons (Fsp3) is 0.778. The minimum Gasteiger partial charge on any atom is -0.387 e. The Morgan fingerprint density at radius 3 is 1.67 bits per heavy atom. The highest BCUT2D eigenvalue weighted by molar-refractivity contribution is 4.99. The molecule has 0 spiro atoms. The lowest BCUT2D eigenvalue weighted by molar-refractivity contribution is -0.233. The number of hydrogen-bond donors (Lipinski definition) is 5. The minimum absolute atomic E-state index is 0.0638. The zero-order valence-corrected chi connectivity index (χ0v) is 8.10. The Labute approximate surface area is 87.0 Å². The lowest BCUT2D eigenvalue weighted by Crippen LogP contribution is -2.64. The first-order valence-corrected chi connectivity index (χ1v) is 4.63. The lowest BCUT2D eigenvalue weighted by Gasteiger charge is -2.41. The van der Waals surface area contributed by atoms with Crippen LogP contribution >= 0.6 is 0 Å². The Kier molecular flexibility index (Phi) is 4.21. The molecule has 0 bridgehead atoms. The van der Waals surface area contributed by atoms with Crippen molar-refractivity contribution in [3.05, 3.63) is 12.7 Å². The van der Waals surface area contributed by atoms with Crippen LogP contribution in [0.25, 0.3) is 0 Å². The van der Waals surface area contributed by atoms with Crippen LogP contribution in [-0.2, 0) is 4.74 Å². The summed E-state index contributed by atoms with van der Waals surface area (Å²) >= 11 is 0. The van der Waals surface area contributed by atoms with Gasteiger partial charge in [0.15, 0.2) is 0 Å². The third-order valence-electron chi connectivity index (χ3n) is 2.48. The van der Waals surface area contributed by atoms with E-state index in [1.807, 2.05) is 0 Å². The molecular formula is C9H16O6. The van der Waals surface area contributed by atoms with Gasteiger partial charge in [0.25, 0.3) is 0 Å². The Balaban J connectivity index is 2.72. The van der Waals surface area contributed by atoms with Crippen LogP contribution in [0.3, 0.4) is 0 Å². The zero-order valence-electron chi connectivity index (χ0n) is 8.10. The van der Waals surface area contributed by atoms with Gasteiger partial charge >= 0.3 is 0 Å². The number of aliphatic hydroxyl groups is 5. The molecule has 1 saturated carbocycles. The fourth-order valence-electron chi connectivity index (χ4n) is 1.57. The molecule has 1 aliphatic carbocycles. The van der Waals surface area contributed by atoms with Gasteiger partial charge in [0.2, 0.25) is 0 Å². The predicted octanol–water partition coefficient (Wildman–Crippen LogP) is -2.62. The molecule has 0 heterocycles. The molecule has 6 heteroatoms. The quantitative estimate of drug-likeness (QED) is 0.333. The average Bonchev–Trinajstić information content (AvgIpc) is 2.24. The van der Waals surface area contributed by atoms with E-state index in [1.54, 1.807) is 0 Å². The van der Waals surface area contributed by atoms with Gasteiger partial charge in [-0.05, 0) is 0 Å². The van der Waals surface area contributed by atoms with E-state index in [4.69, 9.17) is 4.74 Å². The highest BCUT2D eigenvalue weighted by atomic mass is 16.5. The van der Waals surface area contributed by atoms with Crippen molar-refractivity contribution in [2.45, 2.75) is 36.6 Å². The molecule has 1 fully saturated rings. The normalized spacial score (nSPS) is 46.5. The Morgan fingerprint density at radius 2 is 1.27 bits per heavy atom. The summed E-state index contributed by atoms with van der Waals surface area (Å²) in [5.74, 6) is 0. The SMILES string of the molecule is C=CCOC1[C@H](O)[C@H](O)C(O)[C@H](O)[C@H]1O. The third kappa shape index (κ3) is 2.36. The van der Waals surface area contributed by atoms with Gasteiger partial charge in [0.1, 0.15) is 36.6 Å². The first-order chi connectivity index (χ1) is 7.00. The summed E-state index contributed by atoms with van der Waals surface area (Å²) in [6.07, 6.45) is -7.30. The van der Waals surface area contributed by atoms with E-state index < -0.39 is 36.6 Å². The Bertz CT molecular complexity index is 205. The van der Waals surface area contributed by atoms with Crippen molar-refractivity contribution in [2.75, 3.05) is 6.61 Å². The Morgan fingerprint density at radius 1 is 0.867 bits per heavy atom. The number of rotatable bonds is 3. The molecule has 0 aliphatic heterocycles. The van der Waals surface area contributed by atoms with Gasteiger partial charge in [-0.2, -0.15) is 0 Å². The first-order valence-electron chi connectivity index (χ1n) is 4.63. The van der Waals surface area contributed by atoms with E-state index in [9.17, 15) is 25.5 Å². The summed E-state index contributed by atoms with van der Waals surface area (Å²) in [5.41, 5.74) is 0. The average molecular weight is 220 g/mol. The van der Waals surface area contributed by atoms with Crippen LogP contribution in [0, 0.1) is 0 Å². The maximum absolute atomic E-state index is 9.48. The molecular weight excluding hydrogens is 204 g/mol. The van der Waals surface area contributed by atoms with Crippen molar-refractivity contribution in [3.8, 4) is 0 Å². The molecule has 0 aromatic heterocycles. The van der Waals surface area contributed by atoms with Gasteiger partial charge in [-0.1, -0.05) is 6.08 Å². The largest absolute Gasteiger partial charge is 0.387 e. The summed E-state index contributed by atoms with van der Waals surface area (Å²) in [6, 6.07) is 0. The van der Waals surface area contributed by atoms with E-state index in [0.717, 1.165) is 0 Å². The van der Waals surface area contributed by atoms with Crippen LogP contribution in [-0.4, -0.2) is 68.8 Å². The van der Waals surface area contributed by atoms with Crippen molar-refractivity contribution in [1.82, 2.24) is 0 Å². The first kappa shape index (κ1) is 12.6. The molecule has 0 aromatic carbocycles. The second-order valence-electron chi connectivity index (χ2n) is 3.54. The third-order valence-corrected chi connectivity index (χ3v) is 2.48. The number of hydrogen-bond acceptors (Lipinski definition) is 6. The Hall–Kier alpha value is -0.500. The molecule has 0 saturated heterocycles. The van der Waals surface area contributed by atoms with Crippen LogP contribution in [0.2, 0.25) is 0 Å². The molecule has 88 valence electrons. The van der Waals surface area contributed by atoms with E-state index in [1.165, 1.54) is 6.08 Å². The van der Waals surface area contributed by atoms with E-state index in [-0.39, 0.29) is 6.61 Å². The summed E-state index contributed by atoms with van der Waals surface area (Å²) in [5, 5.41) is 46.9. The number of aliphatic hydroxyl groups excluding tert-OH is 5. The standard InChI is InChI=1S/C9H16O6/c1-2-3-15-9-7(13)5(11)4(10)6(12)8(9)14/h2,4-14H,1,3H2/t4?,5-,6+,7-,8-,9?/m1/s1. The lowest BCUT2D eigenvalue weighted by atomic mass is 9.85. The van der Waals surface area contributed by atoms with Gasteiger partial charge in [0.05, 0.1) is 6.61 Å². The van der Waals surface area contributed by atoms with E-state index in [2.05, 4.69) is 6.58 Å². The van der Waals surface area contributed by atoms with Crippen molar-refractivity contribution < 1.29 is 30.3 Å². The fourth-order valence-corrected chi connectivity index (χ4v) is 1.57. The molecule has 2 unspecified atom stereocenters. The molecule has 5 N–H and O–H groups in total. The van der Waals surface area contributed by atoms with Crippen LogP contribution in [0.5, 0.6) is 0 Å². The maximum atomic E-state index is 9.48. The van der Waals surface area contributed by atoms with Gasteiger partial charge in [-0.3, -0.25) is 0 Å². The molecule has 1 rings (SSSR count). The van der Waals surface area contributed by atoms with E-state index in [0.29, 0.717) is 0 Å². The van der Waals surface area contributed by atoms with Gasteiger partial charge in [-0.15, -0.1) is 6.58 Å². The van der Waals surface area contributed by atoms with Crippen molar-refractivity contribution in [1.29, 1.82) is 0 Å². The van der Waals surface area contributed by atoms with Crippen LogP contribution < -0.4 is 0 Å². The van der Waals surface area contributed by atoms with Crippen molar-refractivity contribution in [2.24, 2.45) is 0 Å². The summed E-state index contributed by atoms with van der Waals surface area (Å²) in [6.45, 7) is 3.45. The van der Waals surface area contributed by atoms with Gasteiger partial charge in [0, 0.05) is 0 Å². The molecule has 0 amide bonds. The number of ether oxygens (including phenoxy) is 1. The molecule has 6 nitrogen and oxygen atoms in total. The smallest absolute Gasteiger partial charge is 0.115 e.